The van der Waals surface area contributed by atoms with Crippen LogP contribution in [0, 0.1) is 5.41 Å². The van der Waals surface area contributed by atoms with E-state index in [1.165, 1.54) is 77.0 Å². The first-order chi connectivity index (χ1) is 13.7. The van der Waals surface area contributed by atoms with Gasteiger partial charge in [-0.25, -0.2) is 0 Å². The largest absolute Gasteiger partial charge is 0.374 e. The van der Waals surface area contributed by atoms with Gasteiger partial charge in [0.2, 0.25) is 0 Å². The summed E-state index contributed by atoms with van der Waals surface area (Å²) >= 11 is 0. The van der Waals surface area contributed by atoms with E-state index in [4.69, 9.17) is 4.74 Å². The van der Waals surface area contributed by atoms with Crippen LogP contribution in [0.4, 0.5) is 0 Å². The Morgan fingerprint density at radius 3 is 2.14 bits per heavy atom. The van der Waals surface area contributed by atoms with Crippen molar-refractivity contribution < 1.29 is 4.74 Å². The lowest BCUT2D eigenvalue weighted by Crippen LogP contribution is -2.44. The molecule has 4 saturated carbocycles. The van der Waals surface area contributed by atoms with Crippen molar-refractivity contribution in [3.8, 4) is 0 Å². The molecule has 4 fully saturated rings. The summed E-state index contributed by atoms with van der Waals surface area (Å²) in [5, 5.41) is 0. The van der Waals surface area contributed by atoms with Gasteiger partial charge in [-0.05, 0) is 105 Å². The predicted octanol–water partition coefficient (Wildman–Crippen LogP) is 7.70. The molecule has 1 heteroatoms. The molecule has 0 spiro atoms. The van der Waals surface area contributed by atoms with Crippen LogP contribution in [0.1, 0.15) is 108 Å². The molecule has 0 radical (unpaired) electrons. The van der Waals surface area contributed by atoms with Crippen molar-refractivity contribution in [2.75, 3.05) is 6.61 Å². The molecule has 0 heterocycles. The molecule has 2 bridgehead atoms. The van der Waals surface area contributed by atoms with Crippen molar-refractivity contribution in [2.45, 2.75) is 108 Å². The van der Waals surface area contributed by atoms with E-state index in [1.54, 1.807) is 11.1 Å². The monoisotopic (exact) mass is 380 g/mol. The topological polar surface area (TPSA) is 9.23 Å². The third-order valence-electron chi connectivity index (χ3n) is 8.51. The average molecular weight is 381 g/mol. The number of rotatable bonds is 7. The molecule has 1 aromatic rings. The minimum atomic E-state index is 0.471. The Labute approximate surface area is 173 Å². The molecule has 154 valence electrons. The first-order valence-electron chi connectivity index (χ1n) is 12.0. The highest BCUT2D eigenvalue weighted by molar-refractivity contribution is 5.33. The second-order valence-corrected chi connectivity index (χ2v) is 10.0. The highest BCUT2D eigenvalue weighted by Gasteiger charge is 2.48. The van der Waals surface area contributed by atoms with Crippen molar-refractivity contribution in [1.29, 1.82) is 0 Å². The second-order valence-electron chi connectivity index (χ2n) is 10.0. The molecule has 0 saturated heterocycles. The minimum Gasteiger partial charge on any atom is -0.374 e. The summed E-state index contributed by atoms with van der Waals surface area (Å²) in [4.78, 5) is 0. The summed E-state index contributed by atoms with van der Waals surface area (Å²) in [6.45, 7) is 5.21. The van der Waals surface area contributed by atoms with Crippen molar-refractivity contribution >= 4 is 0 Å². The lowest BCUT2D eigenvalue weighted by molar-refractivity contribution is 0.0320. The SMILES string of the molecule is C/C=C/COC1CCC(c2ccc(C34CCC(CCC)(CC3)CC4)cc2)CC1. The summed E-state index contributed by atoms with van der Waals surface area (Å²) in [5.41, 5.74) is 4.43. The van der Waals surface area contributed by atoms with Gasteiger partial charge in [0.1, 0.15) is 0 Å². The number of benzene rings is 1. The first kappa shape index (κ1) is 20.2. The second kappa shape index (κ2) is 8.74. The molecule has 0 atom stereocenters. The Morgan fingerprint density at radius 1 is 0.929 bits per heavy atom. The summed E-state index contributed by atoms with van der Waals surface area (Å²) in [7, 11) is 0. The fraction of sp³-hybridized carbons (Fsp3) is 0.704. The van der Waals surface area contributed by atoms with Crippen LogP contribution in [-0.4, -0.2) is 12.7 Å². The van der Waals surface area contributed by atoms with Gasteiger partial charge in [-0.1, -0.05) is 49.8 Å². The van der Waals surface area contributed by atoms with E-state index < -0.39 is 0 Å². The zero-order valence-electron chi connectivity index (χ0n) is 18.2. The number of ether oxygens (including phenoxy) is 1. The maximum atomic E-state index is 5.98. The van der Waals surface area contributed by atoms with E-state index in [9.17, 15) is 0 Å². The maximum Gasteiger partial charge on any atom is 0.0651 e. The predicted molar refractivity (Wildman–Crippen MR) is 119 cm³/mol. The zero-order valence-corrected chi connectivity index (χ0v) is 18.2. The van der Waals surface area contributed by atoms with Gasteiger partial charge >= 0.3 is 0 Å². The smallest absolute Gasteiger partial charge is 0.0651 e. The van der Waals surface area contributed by atoms with E-state index in [-0.39, 0.29) is 0 Å². The summed E-state index contributed by atoms with van der Waals surface area (Å²) in [5.74, 6) is 0.739. The van der Waals surface area contributed by atoms with Crippen LogP contribution in [0.5, 0.6) is 0 Å². The molecular formula is C27H40O. The van der Waals surface area contributed by atoms with Crippen LogP contribution < -0.4 is 0 Å². The molecule has 0 aliphatic heterocycles. The summed E-state index contributed by atoms with van der Waals surface area (Å²) < 4.78 is 5.98. The molecule has 1 nitrogen and oxygen atoms in total. The van der Waals surface area contributed by atoms with Gasteiger partial charge in [0.25, 0.3) is 0 Å². The highest BCUT2D eigenvalue weighted by atomic mass is 16.5. The van der Waals surface area contributed by atoms with E-state index in [1.807, 2.05) is 0 Å². The van der Waals surface area contributed by atoms with Crippen LogP contribution in [-0.2, 0) is 10.2 Å². The van der Waals surface area contributed by atoms with Crippen LogP contribution in [0.25, 0.3) is 0 Å². The number of hydrogen-bond donors (Lipinski definition) is 0. The average Bonchev–Trinajstić information content (AvgIpc) is 2.76. The molecule has 4 aliphatic carbocycles. The Bertz CT molecular complexity index is 623. The van der Waals surface area contributed by atoms with Gasteiger partial charge in [0.05, 0.1) is 12.7 Å². The molecule has 4 aliphatic rings. The van der Waals surface area contributed by atoms with Gasteiger partial charge < -0.3 is 4.74 Å². The Morgan fingerprint density at radius 2 is 1.57 bits per heavy atom. The summed E-state index contributed by atoms with van der Waals surface area (Å²) in [6.07, 6.45) is 21.2. The normalized spacial score (nSPS) is 35.5. The number of allylic oxidation sites excluding steroid dienone is 1. The van der Waals surface area contributed by atoms with Gasteiger partial charge in [0, 0.05) is 0 Å². The van der Waals surface area contributed by atoms with Gasteiger partial charge in [-0.15, -0.1) is 0 Å². The standard InChI is InChI=1S/C27H40O/c1-3-5-21-28-25-12-8-23(9-13-25)22-6-10-24(11-7-22)27-18-15-26(14-4-2,16-19-27)17-20-27/h3,5-7,10-11,23,25H,4,8-9,12-21H2,1-2H3/b5-3+. The van der Waals surface area contributed by atoms with Crippen molar-refractivity contribution in [2.24, 2.45) is 5.41 Å². The molecule has 28 heavy (non-hydrogen) atoms. The number of hydrogen-bond acceptors (Lipinski definition) is 1. The minimum absolute atomic E-state index is 0.471. The Balaban J connectivity index is 1.34. The van der Waals surface area contributed by atoms with Crippen LogP contribution in [0.2, 0.25) is 0 Å². The third-order valence-corrected chi connectivity index (χ3v) is 8.51. The quantitative estimate of drug-likeness (QED) is 0.440. The molecule has 0 aromatic heterocycles. The Kier molecular flexibility index (Phi) is 6.30. The van der Waals surface area contributed by atoms with E-state index in [0.717, 1.165) is 12.5 Å². The van der Waals surface area contributed by atoms with Crippen LogP contribution >= 0.6 is 0 Å². The maximum absolute atomic E-state index is 5.98. The van der Waals surface area contributed by atoms with Crippen molar-refractivity contribution in [3.63, 3.8) is 0 Å². The number of fused-ring (bicyclic) bond motifs is 3. The Hall–Kier alpha value is -1.08. The molecule has 0 unspecified atom stereocenters. The lowest BCUT2D eigenvalue weighted by atomic mass is 9.51. The van der Waals surface area contributed by atoms with Gasteiger partial charge in [-0.2, -0.15) is 0 Å². The molecule has 0 N–H and O–H groups in total. The summed E-state index contributed by atoms with van der Waals surface area (Å²) in [6, 6.07) is 9.95. The molecule has 0 amide bonds. The highest BCUT2D eigenvalue weighted by Crippen LogP contribution is 2.59. The fourth-order valence-electron chi connectivity index (χ4n) is 6.56. The van der Waals surface area contributed by atoms with Crippen LogP contribution in [0.3, 0.4) is 0 Å². The van der Waals surface area contributed by atoms with Gasteiger partial charge in [-0.3, -0.25) is 0 Å². The van der Waals surface area contributed by atoms with E-state index in [2.05, 4.69) is 50.3 Å². The molecular weight excluding hydrogens is 340 g/mol. The third kappa shape index (κ3) is 4.11. The van der Waals surface area contributed by atoms with E-state index >= 15 is 0 Å². The first-order valence-corrected chi connectivity index (χ1v) is 12.0. The molecule has 5 rings (SSSR count). The fourth-order valence-corrected chi connectivity index (χ4v) is 6.56. The lowest BCUT2D eigenvalue weighted by Gasteiger charge is -2.54. The van der Waals surface area contributed by atoms with Gasteiger partial charge in [0.15, 0.2) is 0 Å². The van der Waals surface area contributed by atoms with Crippen molar-refractivity contribution in [3.05, 3.63) is 47.5 Å². The molecule has 1 aromatic carbocycles. The van der Waals surface area contributed by atoms with Crippen LogP contribution in [0.15, 0.2) is 36.4 Å². The van der Waals surface area contributed by atoms with E-state index in [0.29, 0.717) is 16.9 Å². The van der Waals surface area contributed by atoms with Crippen molar-refractivity contribution in [1.82, 2.24) is 0 Å². The zero-order chi connectivity index (χ0) is 19.5.